The van der Waals surface area contributed by atoms with Gasteiger partial charge in [-0.05, 0) is 41.7 Å². The van der Waals surface area contributed by atoms with Gasteiger partial charge in [-0.3, -0.25) is 0 Å². The molecule has 2 heteroatoms. The van der Waals surface area contributed by atoms with Crippen molar-refractivity contribution >= 4 is 0 Å². The normalized spacial score (nSPS) is 12.3. The van der Waals surface area contributed by atoms with Gasteiger partial charge in [-0.15, -0.1) is 0 Å². The minimum absolute atomic E-state index is 0.262. The molecular formula is C16H18O2. The summed E-state index contributed by atoms with van der Waals surface area (Å²) in [5.41, 5.74) is 2.65. The monoisotopic (exact) mass is 242 g/mol. The lowest BCUT2D eigenvalue weighted by molar-refractivity contribution is 0.461. The lowest BCUT2D eigenvalue weighted by atomic mass is 9.93. The van der Waals surface area contributed by atoms with Crippen molar-refractivity contribution in [1.29, 1.82) is 0 Å². The van der Waals surface area contributed by atoms with Crippen LogP contribution in [0.1, 0.15) is 31.7 Å². The van der Waals surface area contributed by atoms with Gasteiger partial charge >= 0.3 is 0 Å². The smallest absolute Gasteiger partial charge is 0.123 e. The minimum Gasteiger partial charge on any atom is -0.508 e. The molecule has 0 aromatic heterocycles. The topological polar surface area (TPSA) is 40.5 Å². The quantitative estimate of drug-likeness (QED) is 0.843. The van der Waals surface area contributed by atoms with Gasteiger partial charge in [0.15, 0.2) is 0 Å². The molecule has 0 fully saturated rings. The second-order valence-corrected chi connectivity index (χ2v) is 4.60. The van der Waals surface area contributed by atoms with E-state index in [1.807, 2.05) is 24.3 Å². The van der Waals surface area contributed by atoms with E-state index < -0.39 is 0 Å². The Balaban J connectivity index is 2.51. The first-order valence-corrected chi connectivity index (χ1v) is 6.24. The standard InChI is InChI=1S/C16H18O2/c1-3-11(2)14-10-12(8-9-16(14)18)13-6-4-5-7-15(13)17/h4-11,17-18H,3H2,1-2H3. The molecule has 0 bridgehead atoms. The third-order valence-corrected chi connectivity index (χ3v) is 3.39. The van der Waals surface area contributed by atoms with Crippen LogP contribution < -0.4 is 0 Å². The predicted molar refractivity (Wildman–Crippen MR) is 73.9 cm³/mol. The van der Waals surface area contributed by atoms with E-state index in [0.29, 0.717) is 11.7 Å². The number of benzene rings is 2. The molecule has 18 heavy (non-hydrogen) atoms. The summed E-state index contributed by atoms with van der Waals surface area (Å²) in [7, 11) is 0. The lowest BCUT2D eigenvalue weighted by Crippen LogP contribution is -1.93. The summed E-state index contributed by atoms with van der Waals surface area (Å²) < 4.78 is 0. The molecule has 2 aromatic rings. The Morgan fingerprint density at radius 3 is 2.39 bits per heavy atom. The third-order valence-electron chi connectivity index (χ3n) is 3.39. The van der Waals surface area contributed by atoms with Crippen LogP contribution >= 0.6 is 0 Å². The zero-order chi connectivity index (χ0) is 13.1. The van der Waals surface area contributed by atoms with Crippen molar-refractivity contribution in [1.82, 2.24) is 0 Å². The second kappa shape index (κ2) is 5.13. The zero-order valence-electron chi connectivity index (χ0n) is 10.7. The van der Waals surface area contributed by atoms with Gasteiger partial charge in [-0.1, -0.05) is 38.1 Å². The van der Waals surface area contributed by atoms with E-state index in [4.69, 9.17) is 0 Å². The van der Waals surface area contributed by atoms with Crippen LogP contribution in [0.3, 0.4) is 0 Å². The molecule has 0 aliphatic heterocycles. The van der Waals surface area contributed by atoms with E-state index in [0.717, 1.165) is 23.1 Å². The molecule has 0 spiro atoms. The molecular weight excluding hydrogens is 224 g/mol. The Morgan fingerprint density at radius 1 is 1.00 bits per heavy atom. The van der Waals surface area contributed by atoms with Crippen molar-refractivity contribution < 1.29 is 10.2 Å². The van der Waals surface area contributed by atoms with Crippen molar-refractivity contribution in [2.45, 2.75) is 26.2 Å². The fourth-order valence-corrected chi connectivity index (χ4v) is 2.05. The molecule has 0 amide bonds. The van der Waals surface area contributed by atoms with Crippen LogP contribution in [0.4, 0.5) is 0 Å². The minimum atomic E-state index is 0.262. The summed E-state index contributed by atoms with van der Waals surface area (Å²) in [6.07, 6.45) is 0.970. The summed E-state index contributed by atoms with van der Waals surface area (Å²) in [4.78, 5) is 0. The van der Waals surface area contributed by atoms with Crippen molar-refractivity contribution in [3.63, 3.8) is 0 Å². The van der Waals surface area contributed by atoms with Crippen LogP contribution in [-0.2, 0) is 0 Å². The van der Waals surface area contributed by atoms with Crippen molar-refractivity contribution in [3.8, 4) is 22.6 Å². The molecule has 0 saturated heterocycles. The van der Waals surface area contributed by atoms with Gasteiger partial charge in [0.25, 0.3) is 0 Å². The third kappa shape index (κ3) is 2.33. The Morgan fingerprint density at radius 2 is 1.72 bits per heavy atom. The van der Waals surface area contributed by atoms with E-state index in [-0.39, 0.29) is 5.75 Å². The molecule has 94 valence electrons. The second-order valence-electron chi connectivity index (χ2n) is 4.60. The fraction of sp³-hybridized carbons (Fsp3) is 0.250. The van der Waals surface area contributed by atoms with Crippen LogP contribution in [-0.4, -0.2) is 10.2 Å². The summed E-state index contributed by atoms with van der Waals surface area (Å²) in [6, 6.07) is 12.7. The number of aromatic hydroxyl groups is 2. The molecule has 0 aliphatic carbocycles. The number of hydrogen-bond donors (Lipinski definition) is 2. The number of rotatable bonds is 3. The maximum Gasteiger partial charge on any atom is 0.123 e. The SMILES string of the molecule is CCC(C)c1cc(-c2ccccc2O)ccc1O. The highest BCUT2D eigenvalue weighted by Crippen LogP contribution is 2.35. The highest BCUT2D eigenvalue weighted by Gasteiger charge is 2.11. The van der Waals surface area contributed by atoms with Crippen molar-refractivity contribution in [2.24, 2.45) is 0 Å². The van der Waals surface area contributed by atoms with Crippen LogP contribution in [0, 0.1) is 0 Å². The highest BCUT2D eigenvalue weighted by molar-refractivity contribution is 5.71. The Labute approximate surface area is 108 Å². The van der Waals surface area contributed by atoms with Crippen LogP contribution in [0.5, 0.6) is 11.5 Å². The van der Waals surface area contributed by atoms with E-state index in [2.05, 4.69) is 13.8 Å². The van der Waals surface area contributed by atoms with Crippen molar-refractivity contribution in [3.05, 3.63) is 48.0 Å². The average Bonchev–Trinajstić information content (AvgIpc) is 2.39. The molecule has 0 heterocycles. The number of hydrogen-bond acceptors (Lipinski definition) is 2. The van der Waals surface area contributed by atoms with Gasteiger partial charge in [0.05, 0.1) is 0 Å². The molecule has 2 N–H and O–H groups in total. The van der Waals surface area contributed by atoms with E-state index in [1.165, 1.54) is 0 Å². The molecule has 0 aliphatic rings. The largest absolute Gasteiger partial charge is 0.508 e. The van der Waals surface area contributed by atoms with Crippen LogP contribution in [0.2, 0.25) is 0 Å². The van der Waals surface area contributed by atoms with Gasteiger partial charge in [-0.2, -0.15) is 0 Å². The first-order valence-electron chi connectivity index (χ1n) is 6.24. The molecule has 0 radical (unpaired) electrons. The Kier molecular flexibility index (Phi) is 3.56. The first kappa shape index (κ1) is 12.5. The lowest BCUT2D eigenvalue weighted by Gasteiger charge is -2.13. The molecule has 1 unspecified atom stereocenters. The Hall–Kier alpha value is -1.96. The summed E-state index contributed by atoms with van der Waals surface area (Å²) >= 11 is 0. The average molecular weight is 242 g/mol. The predicted octanol–water partition coefficient (Wildman–Crippen LogP) is 4.28. The van der Waals surface area contributed by atoms with Gasteiger partial charge in [-0.25, -0.2) is 0 Å². The molecule has 0 saturated carbocycles. The van der Waals surface area contributed by atoms with Gasteiger partial charge in [0, 0.05) is 5.56 Å². The molecule has 1 atom stereocenters. The van der Waals surface area contributed by atoms with E-state index >= 15 is 0 Å². The van der Waals surface area contributed by atoms with Crippen molar-refractivity contribution in [2.75, 3.05) is 0 Å². The fourth-order valence-electron chi connectivity index (χ4n) is 2.05. The van der Waals surface area contributed by atoms with E-state index in [9.17, 15) is 10.2 Å². The molecule has 2 aromatic carbocycles. The van der Waals surface area contributed by atoms with Crippen LogP contribution in [0.25, 0.3) is 11.1 Å². The first-order chi connectivity index (χ1) is 8.63. The maximum absolute atomic E-state index is 9.89. The number of para-hydroxylation sites is 1. The zero-order valence-corrected chi connectivity index (χ0v) is 10.7. The summed E-state index contributed by atoms with van der Waals surface area (Å²) in [5.74, 6) is 0.887. The van der Waals surface area contributed by atoms with E-state index in [1.54, 1.807) is 18.2 Å². The summed E-state index contributed by atoms with van der Waals surface area (Å²) in [6.45, 7) is 4.18. The van der Waals surface area contributed by atoms with Gasteiger partial charge in [0.2, 0.25) is 0 Å². The summed E-state index contributed by atoms with van der Waals surface area (Å²) in [5, 5.41) is 19.7. The molecule has 2 rings (SSSR count). The van der Waals surface area contributed by atoms with Crippen LogP contribution in [0.15, 0.2) is 42.5 Å². The Bertz CT molecular complexity index is 547. The number of phenols is 2. The van der Waals surface area contributed by atoms with Gasteiger partial charge in [0.1, 0.15) is 11.5 Å². The maximum atomic E-state index is 9.89. The highest BCUT2D eigenvalue weighted by atomic mass is 16.3. The molecule has 2 nitrogen and oxygen atoms in total. The van der Waals surface area contributed by atoms with Gasteiger partial charge < -0.3 is 10.2 Å². The number of phenolic OH excluding ortho intramolecular Hbond substituents is 2.